The molecule has 1 atom stereocenters. The van der Waals surface area contributed by atoms with Gasteiger partial charge in [-0.3, -0.25) is 6.08 Å². The first-order chi connectivity index (χ1) is 8.52. The van der Waals surface area contributed by atoms with Gasteiger partial charge in [-0.15, -0.1) is 18.2 Å². The van der Waals surface area contributed by atoms with Crippen molar-refractivity contribution in [3.05, 3.63) is 47.1 Å². The van der Waals surface area contributed by atoms with Gasteiger partial charge < -0.3 is 24.8 Å². The van der Waals surface area contributed by atoms with Gasteiger partial charge in [-0.25, -0.2) is 11.6 Å². The quantitative estimate of drug-likeness (QED) is 0.458. The van der Waals surface area contributed by atoms with Crippen molar-refractivity contribution in [2.75, 3.05) is 0 Å². The zero-order valence-electron chi connectivity index (χ0n) is 13.2. The van der Waals surface area contributed by atoms with E-state index in [4.69, 9.17) is 0 Å². The van der Waals surface area contributed by atoms with Gasteiger partial charge in [-0.2, -0.15) is 6.08 Å². The summed E-state index contributed by atoms with van der Waals surface area (Å²) in [5.41, 5.74) is 4.33. The molecule has 0 saturated heterocycles. The average Bonchev–Trinajstić information content (AvgIpc) is 2.76. The topological polar surface area (TPSA) is 0 Å². The van der Waals surface area contributed by atoms with Gasteiger partial charge in [0.05, 0.1) is 0 Å². The van der Waals surface area contributed by atoms with Crippen LogP contribution in [0.3, 0.4) is 0 Å². The molecule has 0 spiro atoms. The molecule has 0 aromatic rings. The molecule has 0 saturated carbocycles. The van der Waals surface area contributed by atoms with Gasteiger partial charge in [0.15, 0.2) is 0 Å². The molecule has 0 fully saturated rings. The van der Waals surface area contributed by atoms with Crippen molar-refractivity contribution in [1.82, 2.24) is 0 Å². The van der Waals surface area contributed by atoms with Crippen LogP contribution in [0.4, 0.5) is 0 Å². The third-order valence-electron chi connectivity index (χ3n) is 3.62. The van der Waals surface area contributed by atoms with E-state index in [9.17, 15) is 0 Å². The molecule has 0 nitrogen and oxygen atoms in total. The van der Waals surface area contributed by atoms with Crippen LogP contribution in [0.2, 0.25) is 0 Å². The Kier molecular flexibility index (Phi) is 11.8. The molecule has 2 aliphatic rings. The third-order valence-corrected chi connectivity index (χ3v) is 5.18. The van der Waals surface area contributed by atoms with Crippen LogP contribution in [0.5, 0.6) is 0 Å². The first-order valence-electron chi connectivity index (χ1n) is 6.81. The van der Waals surface area contributed by atoms with Crippen molar-refractivity contribution in [1.29, 1.82) is 0 Å². The van der Waals surface area contributed by atoms with E-state index >= 15 is 0 Å². The van der Waals surface area contributed by atoms with Gasteiger partial charge in [0, 0.05) is 4.75 Å². The molecule has 115 valence electrons. The van der Waals surface area contributed by atoms with Gasteiger partial charge in [0.2, 0.25) is 0 Å². The van der Waals surface area contributed by atoms with Crippen molar-refractivity contribution >= 4 is 11.8 Å². The average molecular weight is 378 g/mol. The van der Waals surface area contributed by atoms with E-state index in [0.29, 0.717) is 5.25 Å². The van der Waals surface area contributed by atoms with E-state index in [0.717, 1.165) is 19.3 Å². The molecule has 21 heavy (non-hydrogen) atoms. The Labute approximate surface area is 161 Å². The zero-order valence-corrected chi connectivity index (χ0v) is 17.1. The molecular formula is C17H23Cl2STi. The fourth-order valence-corrected chi connectivity index (χ4v) is 4.31. The molecule has 0 aromatic heterocycles. The summed E-state index contributed by atoms with van der Waals surface area (Å²) in [7, 11) is 0. The summed E-state index contributed by atoms with van der Waals surface area (Å²) in [5.74, 6) is 0. The number of thioether (sulfide) groups is 1. The van der Waals surface area contributed by atoms with Crippen molar-refractivity contribution in [2.45, 2.75) is 57.0 Å². The number of rotatable bonds is 4. The Bertz CT molecular complexity index is 450. The van der Waals surface area contributed by atoms with Gasteiger partial charge in [0.1, 0.15) is 0 Å². The minimum Gasteiger partial charge on any atom is -1.00 e. The maximum atomic E-state index is 3.48. The number of hydrogen-bond donors (Lipinski definition) is 0. The summed E-state index contributed by atoms with van der Waals surface area (Å²) >= 11 is 2.11. The van der Waals surface area contributed by atoms with Crippen LogP contribution in [0, 0.1) is 6.08 Å². The summed E-state index contributed by atoms with van der Waals surface area (Å²) in [6, 6.07) is 0. The molecule has 1 radical (unpaired) electrons. The smallest absolute Gasteiger partial charge is 1.00 e. The van der Waals surface area contributed by atoms with Crippen LogP contribution in [0.1, 0.15) is 47.0 Å². The molecule has 2 rings (SSSR count). The van der Waals surface area contributed by atoms with Gasteiger partial charge in [-0.1, -0.05) is 37.1 Å². The van der Waals surface area contributed by atoms with Gasteiger partial charge in [-0.05, 0) is 31.9 Å². The minimum absolute atomic E-state index is 0. The molecule has 1 unspecified atom stereocenters. The fourth-order valence-electron chi connectivity index (χ4n) is 2.74. The Morgan fingerprint density at radius 3 is 2.43 bits per heavy atom. The van der Waals surface area contributed by atoms with Crippen molar-refractivity contribution in [3.63, 3.8) is 0 Å². The first kappa shape index (κ1) is 23.9. The molecule has 0 amide bonds. The van der Waals surface area contributed by atoms with Crippen molar-refractivity contribution in [2.24, 2.45) is 0 Å². The zero-order chi connectivity index (χ0) is 13.2. The SMILES string of the molecule is CC1=CCC(CC2=[C-]CC=C2)(SC(C)C)C(C)=C1.[Cl-].[Cl-].[Ti+3]. The van der Waals surface area contributed by atoms with Crippen LogP contribution in [0.15, 0.2) is 41.0 Å². The summed E-state index contributed by atoms with van der Waals surface area (Å²) in [6.07, 6.45) is 16.0. The molecule has 4 heteroatoms. The molecule has 0 heterocycles. The van der Waals surface area contributed by atoms with Crippen LogP contribution in [0.25, 0.3) is 0 Å². The number of allylic oxidation sites excluding steroid dienone is 7. The maximum absolute atomic E-state index is 3.48. The summed E-state index contributed by atoms with van der Waals surface area (Å²) in [5, 5.41) is 0.658. The van der Waals surface area contributed by atoms with Crippen LogP contribution in [-0.4, -0.2) is 10.00 Å². The van der Waals surface area contributed by atoms with E-state index in [1.165, 1.54) is 16.7 Å². The van der Waals surface area contributed by atoms with E-state index in [-0.39, 0.29) is 51.3 Å². The molecule has 0 aliphatic heterocycles. The van der Waals surface area contributed by atoms with E-state index < -0.39 is 0 Å². The summed E-state index contributed by atoms with van der Waals surface area (Å²) < 4.78 is 0.255. The summed E-state index contributed by atoms with van der Waals surface area (Å²) in [6.45, 7) is 9.10. The second kappa shape index (κ2) is 10.4. The Balaban J connectivity index is 0. The van der Waals surface area contributed by atoms with Crippen LogP contribution >= 0.6 is 11.8 Å². The Hall–Kier alpha value is 0.604. The second-order valence-electron chi connectivity index (χ2n) is 5.63. The van der Waals surface area contributed by atoms with Gasteiger partial charge in [0.25, 0.3) is 0 Å². The largest absolute Gasteiger partial charge is 3.00 e. The first-order valence-corrected chi connectivity index (χ1v) is 7.69. The standard InChI is InChI=1S/C17H23S.2ClH.Ti/c1-13(2)18-17(12-16-7-5-6-8-16)10-9-14(3)11-15(17)4;;;/h5,7,9,11,13H,6,10,12H2,1-4H3;2*1H;/q-1;;;+3/p-2. The normalized spacial score (nSPS) is 23.4. The van der Waals surface area contributed by atoms with Gasteiger partial charge >= 0.3 is 21.7 Å². The Morgan fingerprint density at radius 1 is 1.29 bits per heavy atom. The van der Waals surface area contributed by atoms with Crippen LogP contribution in [-0.2, 0) is 21.7 Å². The van der Waals surface area contributed by atoms with E-state index in [1.54, 1.807) is 0 Å². The summed E-state index contributed by atoms with van der Waals surface area (Å²) in [4.78, 5) is 0. The van der Waals surface area contributed by atoms with E-state index in [1.807, 2.05) is 0 Å². The minimum atomic E-state index is 0. The Morgan fingerprint density at radius 2 is 1.95 bits per heavy atom. The number of halogens is 2. The predicted octanol–water partition coefficient (Wildman–Crippen LogP) is -0.752. The third kappa shape index (κ3) is 6.32. The molecule has 2 aliphatic carbocycles. The monoisotopic (exact) mass is 377 g/mol. The van der Waals surface area contributed by atoms with Crippen LogP contribution < -0.4 is 24.8 Å². The molecular weight excluding hydrogens is 355 g/mol. The maximum Gasteiger partial charge on any atom is 3.00 e. The fraction of sp³-hybridized carbons (Fsp3) is 0.529. The van der Waals surface area contributed by atoms with Crippen molar-refractivity contribution in [3.8, 4) is 0 Å². The van der Waals surface area contributed by atoms with E-state index in [2.05, 4.69) is 69.8 Å². The molecule has 0 N–H and O–H groups in total. The number of hydrogen-bond acceptors (Lipinski definition) is 1. The molecule has 0 aromatic carbocycles. The second-order valence-corrected chi connectivity index (χ2v) is 7.59. The van der Waals surface area contributed by atoms with Crippen molar-refractivity contribution < 1.29 is 46.5 Å². The predicted molar refractivity (Wildman–Crippen MR) is 82.7 cm³/mol. The molecule has 0 bridgehead atoms.